The Morgan fingerprint density at radius 1 is 0.512 bits per heavy atom. The minimum atomic E-state index is -1.93. The minimum Gasteiger partial charge on any atom is -0.401 e. The van der Waals surface area contributed by atoms with Gasteiger partial charge >= 0.3 is 0 Å². The Kier molecular flexibility index (Phi) is 9.06. The van der Waals surface area contributed by atoms with Crippen molar-refractivity contribution in [2.24, 2.45) is 0 Å². The number of halogens is 2. The van der Waals surface area contributed by atoms with Crippen molar-refractivity contribution in [3.63, 3.8) is 0 Å². The maximum atomic E-state index is 7.33. The lowest BCUT2D eigenvalue weighted by Crippen LogP contribution is -2.45. The molecule has 0 atom stereocenters. The van der Waals surface area contributed by atoms with Crippen molar-refractivity contribution in [1.82, 2.24) is 0 Å². The molecule has 0 unspecified atom stereocenters. The molecule has 5 rings (SSSR count). The van der Waals surface area contributed by atoms with Crippen LogP contribution >= 0.6 is 31.9 Å². The third-order valence-electron chi connectivity index (χ3n) is 8.87. The third-order valence-corrected chi connectivity index (χ3v) is 14.6. The van der Waals surface area contributed by atoms with Gasteiger partial charge in [-0.25, -0.2) is 0 Å². The molecule has 0 saturated heterocycles. The predicted molar refractivity (Wildman–Crippen MR) is 185 cm³/mol. The van der Waals surface area contributed by atoms with Gasteiger partial charge in [-0.15, -0.1) is 0 Å². The molecule has 210 valence electrons. The van der Waals surface area contributed by atoms with Crippen molar-refractivity contribution in [1.29, 1.82) is 0 Å². The van der Waals surface area contributed by atoms with Gasteiger partial charge in [0.05, 0.1) is 0 Å². The zero-order valence-electron chi connectivity index (χ0n) is 24.3. The normalized spacial score (nSPS) is 20.3. The number of hydrogen-bond donors (Lipinski definition) is 0. The predicted octanol–water partition coefficient (Wildman–Crippen LogP) is 11.8. The lowest BCUT2D eigenvalue weighted by atomic mass is 9.75. The van der Waals surface area contributed by atoms with E-state index in [1.165, 1.54) is 33.4 Å². The van der Waals surface area contributed by atoms with Crippen molar-refractivity contribution < 1.29 is 4.43 Å². The van der Waals surface area contributed by atoms with E-state index in [9.17, 15) is 0 Å². The van der Waals surface area contributed by atoms with Crippen LogP contribution in [0.3, 0.4) is 0 Å². The molecule has 0 aliphatic heterocycles. The van der Waals surface area contributed by atoms with Crippen LogP contribution in [0, 0.1) is 0 Å². The van der Waals surface area contributed by atoms with Gasteiger partial charge in [0.25, 0.3) is 0 Å². The van der Waals surface area contributed by atoms with Gasteiger partial charge in [0.1, 0.15) is 5.60 Å². The highest BCUT2D eigenvalue weighted by molar-refractivity contribution is 9.10. The van der Waals surface area contributed by atoms with Gasteiger partial charge < -0.3 is 4.43 Å². The summed E-state index contributed by atoms with van der Waals surface area (Å²) in [5, 5.41) is 0. The van der Waals surface area contributed by atoms with Crippen molar-refractivity contribution >= 4 is 40.2 Å². The lowest BCUT2D eigenvalue weighted by Gasteiger charge is -2.43. The average molecular weight is 687 g/mol. The first-order valence-electron chi connectivity index (χ1n) is 14.6. The maximum absolute atomic E-state index is 7.33. The van der Waals surface area contributed by atoms with E-state index in [1.54, 1.807) is 0 Å². The second kappa shape index (κ2) is 12.4. The van der Waals surface area contributed by atoms with Crippen LogP contribution in [0.1, 0.15) is 38.8 Å². The van der Waals surface area contributed by atoms with Gasteiger partial charge in [0.15, 0.2) is 8.32 Å². The van der Waals surface area contributed by atoms with Crippen molar-refractivity contribution in [2.75, 3.05) is 0 Å². The van der Waals surface area contributed by atoms with Gasteiger partial charge in [-0.05, 0) is 94.9 Å². The van der Waals surface area contributed by atoms with E-state index in [1.807, 2.05) is 0 Å². The number of rotatable bonds is 9. The summed E-state index contributed by atoms with van der Waals surface area (Å²) in [6.07, 6.45) is 9.36. The molecule has 4 aromatic rings. The first-order chi connectivity index (χ1) is 19.7. The Morgan fingerprint density at radius 3 is 1.22 bits per heavy atom. The van der Waals surface area contributed by atoms with Crippen molar-refractivity contribution in [2.45, 2.75) is 56.8 Å². The summed E-state index contributed by atoms with van der Waals surface area (Å²) in [6.45, 7) is 9.20. The molecule has 0 N–H and O–H groups in total. The lowest BCUT2D eigenvalue weighted by molar-refractivity contribution is 0.153. The van der Waals surface area contributed by atoms with E-state index >= 15 is 0 Å². The van der Waals surface area contributed by atoms with Crippen molar-refractivity contribution in [3.05, 3.63) is 141 Å². The van der Waals surface area contributed by atoms with Crippen LogP contribution < -0.4 is 0 Å². The quantitative estimate of drug-likeness (QED) is 0.126. The van der Waals surface area contributed by atoms with Crippen LogP contribution in [0.25, 0.3) is 22.3 Å². The van der Waals surface area contributed by atoms with E-state index in [0.29, 0.717) is 0 Å². The molecule has 0 saturated carbocycles. The fourth-order valence-corrected chi connectivity index (χ4v) is 9.20. The number of benzene rings is 4. The van der Waals surface area contributed by atoms with E-state index in [2.05, 4.69) is 181 Å². The molecule has 0 fully saturated rings. The smallest absolute Gasteiger partial charge is 0.194 e. The zero-order valence-corrected chi connectivity index (χ0v) is 28.5. The van der Waals surface area contributed by atoms with Crippen LogP contribution in [-0.2, 0) is 15.4 Å². The van der Waals surface area contributed by atoms with Gasteiger partial charge in [0, 0.05) is 14.4 Å². The monoisotopic (exact) mass is 684 g/mol. The Morgan fingerprint density at radius 2 is 0.854 bits per heavy atom. The summed E-state index contributed by atoms with van der Waals surface area (Å²) < 4.78 is 9.52. The van der Waals surface area contributed by atoms with Gasteiger partial charge in [-0.3, -0.25) is 0 Å². The maximum Gasteiger partial charge on any atom is 0.194 e. The van der Waals surface area contributed by atoms with Crippen LogP contribution in [-0.4, -0.2) is 8.32 Å². The molecule has 4 aromatic carbocycles. The van der Waals surface area contributed by atoms with E-state index < -0.39 is 13.9 Å². The molecule has 41 heavy (non-hydrogen) atoms. The topological polar surface area (TPSA) is 9.23 Å². The second-order valence-corrected chi connectivity index (χ2v) is 17.8. The Hall–Kier alpha value is -2.50. The highest BCUT2D eigenvalue weighted by Gasteiger charge is 2.41. The second-order valence-electron chi connectivity index (χ2n) is 11.3. The van der Waals surface area contributed by atoms with Gasteiger partial charge in [0.2, 0.25) is 0 Å². The highest BCUT2D eigenvalue weighted by Crippen LogP contribution is 2.43. The first kappa shape index (κ1) is 30.0. The number of allylic oxidation sites excluding steroid dienone is 2. The molecule has 4 heteroatoms. The van der Waals surface area contributed by atoms with Crippen LogP contribution in [0.4, 0.5) is 0 Å². The van der Waals surface area contributed by atoms with E-state index in [0.717, 1.165) is 27.1 Å². The standard InChI is InChI=1S/C37H38Br2OSi/c1-5-41(6-2,7-3)40-37(33-18-10-29(11-19-33)31-14-22-35(39)23-15-31)26-24-36(4,25-27-37)32-16-8-28(9-17-32)30-12-20-34(38)21-13-30/h8-27H,5-7H2,1-4H3. The summed E-state index contributed by atoms with van der Waals surface area (Å²) in [5.74, 6) is 0. The molecular weight excluding hydrogens is 648 g/mol. The Bertz CT molecular complexity index is 1490. The highest BCUT2D eigenvalue weighted by atomic mass is 79.9. The third kappa shape index (κ3) is 6.32. The molecule has 1 aliphatic carbocycles. The van der Waals surface area contributed by atoms with Gasteiger partial charge in [-0.1, -0.05) is 138 Å². The Balaban J connectivity index is 1.48. The molecule has 0 aromatic heterocycles. The molecule has 0 spiro atoms. The fraction of sp³-hybridized carbons (Fsp3) is 0.243. The van der Waals surface area contributed by atoms with Crippen LogP contribution in [0.2, 0.25) is 18.1 Å². The number of hydrogen-bond acceptors (Lipinski definition) is 1. The summed E-state index contributed by atoms with van der Waals surface area (Å²) in [6, 6.07) is 38.2. The minimum absolute atomic E-state index is 0.211. The Labute approximate surface area is 263 Å². The van der Waals surface area contributed by atoms with Crippen molar-refractivity contribution in [3.8, 4) is 22.3 Å². The van der Waals surface area contributed by atoms with E-state index in [-0.39, 0.29) is 5.41 Å². The van der Waals surface area contributed by atoms with E-state index in [4.69, 9.17) is 4.43 Å². The van der Waals surface area contributed by atoms with Gasteiger partial charge in [-0.2, -0.15) is 0 Å². The van der Waals surface area contributed by atoms with Crippen LogP contribution in [0.15, 0.2) is 130 Å². The zero-order chi connectivity index (χ0) is 29.1. The van der Waals surface area contributed by atoms with Crippen LogP contribution in [0.5, 0.6) is 0 Å². The first-order valence-corrected chi connectivity index (χ1v) is 18.7. The molecule has 0 bridgehead atoms. The molecule has 0 amide bonds. The summed E-state index contributed by atoms with van der Waals surface area (Å²) in [5.41, 5.74) is 6.55. The summed E-state index contributed by atoms with van der Waals surface area (Å²) in [7, 11) is -1.93. The summed E-state index contributed by atoms with van der Waals surface area (Å²) in [4.78, 5) is 0. The molecular formula is C37H38Br2OSi. The average Bonchev–Trinajstić information content (AvgIpc) is 3.02. The largest absolute Gasteiger partial charge is 0.401 e. The molecule has 1 nitrogen and oxygen atoms in total. The fourth-order valence-electron chi connectivity index (χ4n) is 5.77. The molecule has 0 radical (unpaired) electrons. The summed E-state index contributed by atoms with van der Waals surface area (Å²) >= 11 is 7.09. The molecule has 1 aliphatic rings. The molecule has 0 heterocycles. The SMILES string of the molecule is CC[Si](CC)(CC)OC1(c2ccc(-c3ccc(Br)cc3)cc2)C=CC(C)(c2ccc(-c3ccc(Br)cc3)cc2)C=C1.